The van der Waals surface area contributed by atoms with E-state index in [2.05, 4.69) is 15.0 Å². The summed E-state index contributed by atoms with van der Waals surface area (Å²) < 4.78 is 61.3. The Morgan fingerprint density at radius 3 is 2.77 bits per heavy atom. The molecule has 0 saturated heterocycles. The number of aromatic nitrogens is 2. The van der Waals surface area contributed by atoms with Crippen molar-refractivity contribution in [3.05, 3.63) is 59.8 Å². The van der Waals surface area contributed by atoms with Crippen molar-refractivity contribution in [2.45, 2.75) is 37.5 Å². The van der Waals surface area contributed by atoms with Gasteiger partial charge in [0.05, 0.1) is 12.3 Å². The third kappa shape index (κ3) is 4.10. The Bertz CT molecular complexity index is 1150. The van der Waals surface area contributed by atoms with Crippen LogP contribution in [0, 0.1) is 12.7 Å². The number of aliphatic imine (C=N–C) groups is 1. The minimum atomic E-state index is -4.97. The number of para-hydroxylation sites is 1. The van der Waals surface area contributed by atoms with Gasteiger partial charge < -0.3 is 9.84 Å². The predicted molar refractivity (Wildman–Crippen MR) is 107 cm³/mol. The molecule has 0 aliphatic carbocycles. The second-order valence-corrected chi connectivity index (χ2v) is 7.50. The summed E-state index contributed by atoms with van der Waals surface area (Å²) in [5, 5.41) is 10.8. The van der Waals surface area contributed by atoms with E-state index in [0.29, 0.717) is 29.8 Å². The van der Waals surface area contributed by atoms with Crippen molar-refractivity contribution in [3.8, 4) is 5.75 Å². The number of ether oxygens (including phenoxy) is 1. The molecule has 1 aromatic heterocycles. The molecule has 0 spiro atoms. The zero-order chi connectivity index (χ0) is 22.2. The molecule has 1 aliphatic heterocycles. The number of nitrogens with zero attached hydrogens (tertiary/aromatic N) is 3. The summed E-state index contributed by atoms with van der Waals surface area (Å²) in [6.07, 6.45) is -3.47. The van der Waals surface area contributed by atoms with E-state index in [1.54, 1.807) is 31.2 Å². The monoisotopic (exact) mass is 433 g/mol. The second-order valence-electron chi connectivity index (χ2n) is 7.50. The van der Waals surface area contributed by atoms with Crippen LogP contribution >= 0.6 is 0 Å². The summed E-state index contributed by atoms with van der Waals surface area (Å²) in [6, 6.07) is 9.14. The number of rotatable bonds is 4. The molecule has 0 radical (unpaired) electrons. The molecule has 162 valence electrons. The van der Waals surface area contributed by atoms with Gasteiger partial charge in [-0.1, -0.05) is 18.2 Å². The third-order valence-electron chi connectivity index (χ3n) is 5.35. The molecule has 1 N–H and O–H groups in total. The predicted octanol–water partition coefficient (Wildman–Crippen LogP) is 5.03. The zero-order valence-electron chi connectivity index (χ0n) is 16.5. The molecule has 2 atom stereocenters. The molecule has 0 fully saturated rings. The number of fused-ring (bicyclic) bond motifs is 2. The van der Waals surface area contributed by atoms with E-state index in [9.17, 15) is 22.7 Å². The lowest BCUT2D eigenvalue weighted by Crippen LogP contribution is -2.48. The maximum absolute atomic E-state index is 14.1. The van der Waals surface area contributed by atoms with Crippen LogP contribution in [0.1, 0.15) is 30.1 Å². The number of alkyl halides is 3. The number of aliphatic hydroxyl groups is 1. The van der Waals surface area contributed by atoms with Gasteiger partial charge >= 0.3 is 6.18 Å². The quantitative estimate of drug-likeness (QED) is 0.463. The fourth-order valence-electron chi connectivity index (χ4n) is 3.69. The van der Waals surface area contributed by atoms with E-state index < -0.39 is 29.9 Å². The highest BCUT2D eigenvalue weighted by Crippen LogP contribution is 2.43. The van der Waals surface area contributed by atoms with Gasteiger partial charge in [-0.25, -0.2) is 14.4 Å². The molecule has 0 amide bonds. The maximum Gasteiger partial charge on any atom is 0.422 e. The van der Waals surface area contributed by atoms with Crippen molar-refractivity contribution in [3.63, 3.8) is 0 Å². The summed E-state index contributed by atoms with van der Waals surface area (Å²) in [5.41, 5.74) is -2.59. The van der Waals surface area contributed by atoms with E-state index in [1.165, 1.54) is 12.3 Å². The van der Waals surface area contributed by atoms with Crippen LogP contribution in [0.4, 0.5) is 23.2 Å². The highest BCUT2D eigenvalue weighted by atomic mass is 19.4. The lowest BCUT2D eigenvalue weighted by molar-refractivity contribution is -0.232. The summed E-state index contributed by atoms with van der Waals surface area (Å²) in [4.78, 5) is 11.9. The molecule has 0 saturated carbocycles. The van der Waals surface area contributed by atoms with E-state index >= 15 is 0 Å². The van der Waals surface area contributed by atoms with Gasteiger partial charge in [0.2, 0.25) is 0 Å². The Morgan fingerprint density at radius 1 is 1.23 bits per heavy atom. The van der Waals surface area contributed by atoms with Crippen LogP contribution in [0.25, 0.3) is 10.9 Å². The first kappa shape index (κ1) is 21.2. The molecule has 3 aromatic rings. The van der Waals surface area contributed by atoms with E-state index in [1.807, 2.05) is 0 Å². The van der Waals surface area contributed by atoms with Crippen LogP contribution in [0.15, 0.2) is 47.6 Å². The fraction of sp³-hybridized carbons (Fsp3) is 0.318. The number of halogens is 4. The average Bonchev–Trinajstić information content (AvgIpc) is 2.73. The summed E-state index contributed by atoms with van der Waals surface area (Å²) in [6.45, 7) is 1.83. The fourth-order valence-corrected chi connectivity index (χ4v) is 3.69. The van der Waals surface area contributed by atoms with Crippen LogP contribution in [-0.2, 0) is 0 Å². The zero-order valence-corrected chi connectivity index (χ0v) is 16.5. The van der Waals surface area contributed by atoms with Crippen LogP contribution in [-0.4, -0.2) is 39.7 Å². The standard InChI is InChI=1S/C22H19F4N3O2/c1-13-27-11-16-18(7-6-17(23)20(16)29-13)28-12-21(30,22(24,25)26)10-14-8-9-31-19-5-3-2-4-15(14)19/h2-7,11-12,14,30H,8-10H2,1H3. The Balaban J connectivity index is 1.71. The number of benzene rings is 2. The molecular formula is C22H19F4N3O2. The van der Waals surface area contributed by atoms with Crippen molar-refractivity contribution in [2.24, 2.45) is 4.99 Å². The largest absolute Gasteiger partial charge is 0.493 e. The number of hydrogen-bond donors (Lipinski definition) is 1. The molecule has 5 nitrogen and oxygen atoms in total. The van der Waals surface area contributed by atoms with Crippen molar-refractivity contribution in [1.82, 2.24) is 9.97 Å². The van der Waals surface area contributed by atoms with Crippen LogP contribution in [0.2, 0.25) is 0 Å². The maximum atomic E-state index is 14.1. The first-order valence-corrected chi connectivity index (χ1v) is 9.66. The minimum absolute atomic E-state index is 0.0338. The smallest absolute Gasteiger partial charge is 0.422 e. The van der Waals surface area contributed by atoms with Crippen LogP contribution < -0.4 is 4.74 Å². The minimum Gasteiger partial charge on any atom is -0.493 e. The lowest BCUT2D eigenvalue weighted by atomic mass is 9.82. The highest BCUT2D eigenvalue weighted by Gasteiger charge is 2.54. The van der Waals surface area contributed by atoms with Gasteiger partial charge in [0.15, 0.2) is 5.60 Å². The Labute approximate surface area is 175 Å². The second kappa shape index (κ2) is 7.88. The lowest BCUT2D eigenvalue weighted by Gasteiger charge is -2.33. The van der Waals surface area contributed by atoms with Gasteiger partial charge in [-0.15, -0.1) is 0 Å². The number of aryl methyl sites for hydroxylation is 1. The summed E-state index contributed by atoms with van der Waals surface area (Å²) in [5.74, 6) is -0.377. The molecule has 1 aliphatic rings. The van der Waals surface area contributed by atoms with Crippen molar-refractivity contribution in [2.75, 3.05) is 6.61 Å². The molecule has 4 rings (SSSR count). The molecule has 0 bridgehead atoms. The van der Waals surface area contributed by atoms with Gasteiger partial charge in [-0.3, -0.25) is 4.99 Å². The van der Waals surface area contributed by atoms with Gasteiger partial charge in [0.1, 0.15) is 22.9 Å². The molecule has 9 heteroatoms. The van der Waals surface area contributed by atoms with Crippen molar-refractivity contribution < 1.29 is 27.4 Å². The normalized spacial score (nSPS) is 18.6. The van der Waals surface area contributed by atoms with Gasteiger partial charge in [0, 0.05) is 17.8 Å². The molecule has 2 unspecified atom stereocenters. The Kier molecular flexibility index (Phi) is 5.38. The molecule has 2 aromatic carbocycles. The summed E-state index contributed by atoms with van der Waals surface area (Å²) in [7, 11) is 0. The van der Waals surface area contributed by atoms with Crippen LogP contribution in [0.5, 0.6) is 5.75 Å². The third-order valence-corrected chi connectivity index (χ3v) is 5.35. The molecule has 31 heavy (non-hydrogen) atoms. The van der Waals surface area contributed by atoms with E-state index in [4.69, 9.17) is 4.74 Å². The van der Waals surface area contributed by atoms with Crippen molar-refractivity contribution >= 4 is 22.8 Å². The average molecular weight is 433 g/mol. The van der Waals surface area contributed by atoms with Gasteiger partial charge in [0.25, 0.3) is 0 Å². The van der Waals surface area contributed by atoms with Crippen molar-refractivity contribution in [1.29, 1.82) is 0 Å². The Morgan fingerprint density at radius 2 is 2.00 bits per heavy atom. The number of hydrogen-bond acceptors (Lipinski definition) is 5. The first-order valence-electron chi connectivity index (χ1n) is 9.66. The summed E-state index contributed by atoms with van der Waals surface area (Å²) >= 11 is 0. The molecular weight excluding hydrogens is 414 g/mol. The highest BCUT2D eigenvalue weighted by molar-refractivity contribution is 5.91. The SMILES string of the molecule is Cc1ncc2c(N=CC(O)(CC3CCOc4ccccc43)C(F)(F)F)ccc(F)c2n1. The van der Waals surface area contributed by atoms with E-state index in [-0.39, 0.29) is 23.2 Å². The van der Waals surface area contributed by atoms with Gasteiger partial charge in [-0.05, 0) is 49.4 Å². The topological polar surface area (TPSA) is 67.6 Å². The van der Waals surface area contributed by atoms with Crippen LogP contribution in [0.3, 0.4) is 0 Å². The molecule has 2 heterocycles. The van der Waals surface area contributed by atoms with E-state index in [0.717, 1.165) is 6.07 Å². The Hall–Kier alpha value is -3.07. The van der Waals surface area contributed by atoms with Gasteiger partial charge in [-0.2, -0.15) is 13.2 Å². The first-order chi connectivity index (χ1) is 14.7.